The molecule has 0 unspecified atom stereocenters. The van der Waals surface area contributed by atoms with Crippen molar-refractivity contribution in [3.8, 4) is 0 Å². The molecule has 4 rings (SSSR count). The van der Waals surface area contributed by atoms with Gasteiger partial charge in [-0.1, -0.05) is 6.42 Å². The van der Waals surface area contributed by atoms with Crippen LogP contribution in [0.2, 0.25) is 0 Å². The molecule has 2 aliphatic rings. The minimum atomic E-state index is 0.396. The Kier molecular flexibility index (Phi) is 5.38. The molecule has 146 valence electrons. The lowest BCUT2D eigenvalue weighted by Gasteiger charge is -2.33. The van der Waals surface area contributed by atoms with E-state index < -0.39 is 0 Å². The SMILES string of the molecule is Cc1cnc(C)c(N2CCC[C@@H](c3nnc(CN4CCCCC4)n3C)C2)n1. The summed E-state index contributed by atoms with van der Waals surface area (Å²) in [5, 5.41) is 9.14. The van der Waals surface area contributed by atoms with Crippen LogP contribution < -0.4 is 4.90 Å². The summed E-state index contributed by atoms with van der Waals surface area (Å²) in [5.41, 5.74) is 1.98. The zero-order valence-corrected chi connectivity index (χ0v) is 16.9. The van der Waals surface area contributed by atoms with Gasteiger partial charge in [-0.15, -0.1) is 10.2 Å². The first-order valence-corrected chi connectivity index (χ1v) is 10.3. The van der Waals surface area contributed by atoms with Crippen LogP contribution in [0.15, 0.2) is 6.20 Å². The van der Waals surface area contributed by atoms with Crippen molar-refractivity contribution >= 4 is 5.82 Å². The Morgan fingerprint density at radius 3 is 2.67 bits per heavy atom. The van der Waals surface area contributed by atoms with E-state index in [0.29, 0.717) is 5.92 Å². The van der Waals surface area contributed by atoms with E-state index >= 15 is 0 Å². The van der Waals surface area contributed by atoms with E-state index in [0.717, 1.165) is 61.3 Å². The van der Waals surface area contributed by atoms with Gasteiger partial charge in [-0.2, -0.15) is 0 Å². The van der Waals surface area contributed by atoms with Crippen LogP contribution in [0, 0.1) is 13.8 Å². The molecular formula is C20H31N7. The molecule has 2 fully saturated rings. The first-order chi connectivity index (χ1) is 13.1. The molecule has 0 radical (unpaired) electrons. The molecule has 2 saturated heterocycles. The molecule has 1 atom stereocenters. The lowest BCUT2D eigenvalue weighted by atomic mass is 9.97. The molecule has 4 heterocycles. The highest BCUT2D eigenvalue weighted by atomic mass is 15.3. The second kappa shape index (κ2) is 7.92. The van der Waals surface area contributed by atoms with Crippen LogP contribution in [-0.2, 0) is 13.6 Å². The fraction of sp³-hybridized carbons (Fsp3) is 0.700. The van der Waals surface area contributed by atoms with Crippen LogP contribution in [-0.4, -0.2) is 55.8 Å². The monoisotopic (exact) mass is 369 g/mol. The van der Waals surface area contributed by atoms with Gasteiger partial charge in [0.25, 0.3) is 0 Å². The Morgan fingerprint density at radius 2 is 1.85 bits per heavy atom. The predicted octanol–water partition coefficient (Wildman–Crippen LogP) is 2.59. The predicted molar refractivity (Wildman–Crippen MR) is 106 cm³/mol. The summed E-state index contributed by atoms with van der Waals surface area (Å²) >= 11 is 0. The van der Waals surface area contributed by atoms with Crippen molar-refractivity contribution in [2.75, 3.05) is 31.1 Å². The van der Waals surface area contributed by atoms with E-state index in [1.807, 2.05) is 20.0 Å². The van der Waals surface area contributed by atoms with Gasteiger partial charge >= 0.3 is 0 Å². The summed E-state index contributed by atoms with van der Waals surface area (Å²) in [5.74, 6) is 3.63. The van der Waals surface area contributed by atoms with Crippen LogP contribution in [0.25, 0.3) is 0 Å². The van der Waals surface area contributed by atoms with E-state index in [1.165, 1.54) is 32.4 Å². The minimum Gasteiger partial charge on any atom is -0.354 e. The van der Waals surface area contributed by atoms with Crippen LogP contribution in [0.3, 0.4) is 0 Å². The van der Waals surface area contributed by atoms with Crippen molar-refractivity contribution in [2.24, 2.45) is 7.05 Å². The molecule has 0 saturated carbocycles. The second-order valence-corrected chi connectivity index (χ2v) is 8.08. The first kappa shape index (κ1) is 18.3. The van der Waals surface area contributed by atoms with Gasteiger partial charge in [0, 0.05) is 32.3 Å². The third kappa shape index (κ3) is 3.98. The molecule has 0 bridgehead atoms. The molecule has 0 aliphatic carbocycles. The molecule has 7 heteroatoms. The molecule has 27 heavy (non-hydrogen) atoms. The number of hydrogen-bond acceptors (Lipinski definition) is 6. The van der Waals surface area contributed by atoms with Crippen molar-refractivity contribution in [2.45, 2.75) is 58.4 Å². The van der Waals surface area contributed by atoms with Gasteiger partial charge in [-0.25, -0.2) is 4.98 Å². The van der Waals surface area contributed by atoms with Crippen LogP contribution >= 0.6 is 0 Å². The third-order valence-corrected chi connectivity index (χ3v) is 5.95. The lowest BCUT2D eigenvalue weighted by Crippen LogP contribution is -2.36. The highest BCUT2D eigenvalue weighted by Gasteiger charge is 2.28. The molecule has 0 amide bonds. The normalized spacial score (nSPS) is 21.6. The Bertz CT molecular complexity index is 779. The number of likely N-dealkylation sites (tertiary alicyclic amines) is 1. The van der Waals surface area contributed by atoms with Crippen molar-refractivity contribution in [1.82, 2.24) is 29.6 Å². The van der Waals surface area contributed by atoms with Crippen LogP contribution in [0.5, 0.6) is 0 Å². The van der Waals surface area contributed by atoms with Gasteiger partial charge in [0.2, 0.25) is 0 Å². The molecule has 0 N–H and O–H groups in total. The molecular weight excluding hydrogens is 338 g/mol. The van der Waals surface area contributed by atoms with E-state index in [2.05, 4.69) is 36.6 Å². The lowest BCUT2D eigenvalue weighted by molar-refractivity contribution is 0.213. The summed E-state index contributed by atoms with van der Waals surface area (Å²) in [6.07, 6.45) is 8.12. The number of aryl methyl sites for hydroxylation is 2. The van der Waals surface area contributed by atoms with E-state index in [1.54, 1.807) is 0 Å². The van der Waals surface area contributed by atoms with Gasteiger partial charge in [-0.3, -0.25) is 9.88 Å². The van der Waals surface area contributed by atoms with Gasteiger partial charge in [0.1, 0.15) is 17.5 Å². The molecule has 0 spiro atoms. The molecule has 7 nitrogen and oxygen atoms in total. The fourth-order valence-corrected chi connectivity index (χ4v) is 4.39. The zero-order valence-electron chi connectivity index (χ0n) is 16.9. The van der Waals surface area contributed by atoms with Crippen molar-refractivity contribution < 1.29 is 0 Å². The number of nitrogens with zero attached hydrogens (tertiary/aromatic N) is 7. The molecule has 2 aromatic rings. The van der Waals surface area contributed by atoms with E-state index in [9.17, 15) is 0 Å². The van der Waals surface area contributed by atoms with Crippen molar-refractivity contribution in [3.05, 3.63) is 29.2 Å². The fourth-order valence-electron chi connectivity index (χ4n) is 4.39. The maximum absolute atomic E-state index is 4.74. The number of hydrogen-bond donors (Lipinski definition) is 0. The topological polar surface area (TPSA) is 63.0 Å². The first-order valence-electron chi connectivity index (χ1n) is 10.3. The van der Waals surface area contributed by atoms with Gasteiger partial charge in [0.05, 0.1) is 17.9 Å². The zero-order chi connectivity index (χ0) is 18.8. The van der Waals surface area contributed by atoms with E-state index in [4.69, 9.17) is 4.98 Å². The van der Waals surface area contributed by atoms with Crippen LogP contribution in [0.4, 0.5) is 5.82 Å². The Labute approximate surface area is 161 Å². The van der Waals surface area contributed by atoms with E-state index in [-0.39, 0.29) is 0 Å². The maximum Gasteiger partial charge on any atom is 0.150 e. The van der Waals surface area contributed by atoms with Gasteiger partial charge < -0.3 is 9.47 Å². The average Bonchev–Trinajstić information content (AvgIpc) is 3.05. The summed E-state index contributed by atoms with van der Waals surface area (Å²) < 4.78 is 2.23. The largest absolute Gasteiger partial charge is 0.354 e. The summed E-state index contributed by atoms with van der Waals surface area (Å²) in [7, 11) is 2.13. The maximum atomic E-state index is 4.74. The molecule has 2 aromatic heterocycles. The standard InChI is InChI=1S/C20H31N7/c1-15-12-21-16(2)19(22-15)27-11-7-8-17(13-27)20-24-23-18(25(20)3)14-26-9-5-4-6-10-26/h12,17H,4-11,13-14H2,1-3H3/t17-/m1/s1. The second-order valence-electron chi connectivity index (χ2n) is 8.08. The Morgan fingerprint density at radius 1 is 1.04 bits per heavy atom. The van der Waals surface area contributed by atoms with Crippen LogP contribution in [0.1, 0.15) is 61.1 Å². The van der Waals surface area contributed by atoms with Gasteiger partial charge in [0.15, 0.2) is 0 Å². The third-order valence-electron chi connectivity index (χ3n) is 5.95. The number of rotatable bonds is 4. The Hall–Kier alpha value is -2.02. The molecule has 0 aromatic carbocycles. The number of anilines is 1. The smallest absolute Gasteiger partial charge is 0.150 e. The highest BCUT2D eigenvalue weighted by molar-refractivity contribution is 5.44. The quantitative estimate of drug-likeness (QED) is 0.825. The minimum absolute atomic E-state index is 0.396. The summed E-state index contributed by atoms with van der Waals surface area (Å²) in [6.45, 7) is 9.32. The molecule has 2 aliphatic heterocycles. The average molecular weight is 370 g/mol. The number of aromatic nitrogens is 5. The van der Waals surface area contributed by atoms with Gasteiger partial charge in [-0.05, 0) is 52.6 Å². The summed E-state index contributed by atoms with van der Waals surface area (Å²) in [4.78, 5) is 14.1. The van der Waals surface area contributed by atoms with Crippen molar-refractivity contribution in [3.63, 3.8) is 0 Å². The highest BCUT2D eigenvalue weighted by Crippen LogP contribution is 2.29. The van der Waals surface area contributed by atoms with Crippen molar-refractivity contribution in [1.29, 1.82) is 0 Å². The Balaban J connectivity index is 1.49. The number of piperidine rings is 2. The summed E-state index contributed by atoms with van der Waals surface area (Å²) in [6, 6.07) is 0.